The molecule has 1 amide bonds. The summed E-state index contributed by atoms with van der Waals surface area (Å²) in [6.07, 6.45) is -0.0685. The molecule has 0 aromatic heterocycles. The van der Waals surface area contributed by atoms with Gasteiger partial charge in [-0.3, -0.25) is 10.1 Å². The minimum Gasteiger partial charge on any atom is -0.488 e. The van der Waals surface area contributed by atoms with Gasteiger partial charge in [0, 0.05) is 18.2 Å². The number of thioether (sulfide) groups is 1. The number of nitrogens with one attached hydrogen (secondary N) is 2. The lowest BCUT2D eigenvalue weighted by Crippen LogP contribution is -2.41. The topological polar surface area (TPSA) is 50.4 Å². The summed E-state index contributed by atoms with van der Waals surface area (Å²) in [5.74, 6) is 1.37. The number of benzene rings is 1. The first-order valence-corrected chi connectivity index (χ1v) is 7.75. The summed E-state index contributed by atoms with van der Waals surface area (Å²) in [6, 6.07) is 4.61. The number of hydrogen-bond donors (Lipinski definition) is 2. The van der Waals surface area contributed by atoms with Crippen molar-refractivity contribution in [3.05, 3.63) is 29.6 Å². The van der Waals surface area contributed by atoms with Gasteiger partial charge in [0.15, 0.2) is 11.6 Å². The summed E-state index contributed by atoms with van der Waals surface area (Å²) in [5, 5.41) is 5.90. The van der Waals surface area contributed by atoms with Gasteiger partial charge in [0.2, 0.25) is 5.91 Å². The average Bonchev–Trinajstić information content (AvgIpc) is 2.92. The van der Waals surface area contributed by atoms with Crippen LogP contribution in [0.3, 0.4) is 0 Å². The van der Waals surface area contributed by atoms with E-state index in [9.17, 15) is 9.18 Å². The third-order valence-corrected chi connectivity index (χ3v) is 3.80. The van der Waals surface area contributed by atoms with E-state index in [-0.39, 0.29) is 23.8 Å². The second-order valence-corrected chi connectivity index (χ2v) is 5.95. The van der Waals surface area contributed by atoms with Gasteiger partial charge in [-0.1, -0.05) is 6.07 Å². The van der Waals surface area contributed by atoms with Gasteiger partial charge in [-0.25, -0.2) is 4.39 Å². The van der Waals surface area contributed by atoms with Gasteiger partial charge in [-0.15, -0.1) is 11.8 Å². The molecular formula is C14H19FN2O2S. The van der Waals surface area contributed by atoms with Gasteiger partial charge in [-0.2, -0.15) is 0 Å². The van der Waals surface area contributed by atoms with E-state index >= 15 is 0 Å². The zero-order valence-corrected chi connectivity index (χ0v) is 12.4. The van der Waals surface area contributed by atoms with E-state index in [0.29, 0.717) is 6.54 Å². The molecule has 1 atom stereocenters. The number of hydrogen-bond acceptors (Lipinski definition) is 4. The van der Waals surface area contributed by atoms with Crippen molar-refractivity contribution >= 4 is 17.7 Å². The van der Waals surface area contributed by atoms with Crippen LogP contribution in [0.4, 0.5) is 4.39 Å². The molecule has 1 aromatic carbocycles. The molecule has 2 N–H and O–H groups in total. The minimum absolute atomic E-state index is 0.0436. The van der Waals surface area contributed by atoms with Crippen LogP contribution >= 0.6 is 11.8 Å². The zero-order chi connectivity index (χ0) is 14.5. The fraction of sp³-hybridized carbons (Fsp3) is 0.500. The molecule has 110 valence electrons. The van der Waals surface area contributed by atoms with E-state index in [1.807, 2.05) is 13.8 Å². The molecular weight excluding hydrogens is 279 g/mol. The second-order valence-electron chi connectivity index (χ2n) is 4.92. The molecule has 1 heterocycles. The summed E-state index contributed by atoms with van der Waals surface area (Å²) < 4.78 is 19.1. The monoisotopic (exact) mass is 298 g/mol. The molecule has 1 unspecified atom stereocenters. The molecule has 1 aromatic rings. The van der Waals surface area contributed by atoms with Crippen LogP contribution < -0.4 is 15.4 Å². The number of carbonyl (C=O) groups is 1. The van der Waals surface area contributed by atoms with Crippen molar-refractivity contribution in [1.82, 2.24) is 10.6 Å². The molecule has 6 heteroatoms. The van der Waals surface area contributed by atoms with Crippen molar-refractivity contribution in [3.63, 3.8) is 0 Å². The smallest absolute Gasteiger partial charge is 0.238 e. The van der Waals surface area contributed by atoms with Crippen LogP contribution in [0.5, 0.6) is 5.75 Å². The highest BCUT2D eigenvalue weighted by atomic mass is 32.2. The van der Waals surface area contributed by atoms with E-state index in [1.165, 1.54) is 6.07 Å². The third kappa shape index (κ3) is 4.11. The Labute approximate surface area is 122 Å². The molecule has 20 heavy (non-hydrogen) atoms. The molecule has 0 bridgehead atoms. The summed E-state index contributed by atoms with van der Waals surface area (Å²) in [4.78, 5) is 11.8. The fourth-order valence-corrected chi connectivity index (χ4v) is 2.82. The van der Waals surface area contributed by atoms with Crippen LogP contribution in [-0.2, 0) is 11.3 Å². The minimum atomic E-state index is -0.403. The van der Waals surface area contributed by atoms with E-state index in [2.05, 4.69) is 10.6 Å². The Morgan fingerprint density at radius 2 is 2.40 bits per heavy atom. The Hall–Kier alpha value is -1.27. The normalized spacial score (nSPS) is 18.3. The van der Waals surface area contributed by atoms with E-state index in [1.54, 1.807) is 23.9 Å². The van der Waals surface area contributed by atoms with Crippen LogP contribution in [0.1, 0.15) is 19.4 Å². The van der Waals surface area contributed by atoms with Gasteiger partial charge in [0.05, 0.1) is 12.1 Å². The molecule has 1 fully saturated rings. The molecule has 1 aliphatic heterocycles. The highest BCUT2D eigenvalue weighted by Crippen LogP contribution is 2.19. The number of amides is 1. The predicted octanol–water partition coefficient (Wildman–Crippen LogP) is 1.89. The van der Waals surface area contributed by atoms with Crippen LogP contribution in [-0.4, -0.2) is 29.7 Å². The van der Waals surface area contributed by atoms with Crippen LogP contribution in [0, 0.1) is 5.82 Å². The molecule has 0 aliphatic carbocycles. The molecule has 2 rings (SSSR count). The van der Waals surface area contributed by atoms with Crippen molar-refractivity contribution in [2.24, 2.45) is 0 Å². The van der Waals surface area contributed by atoms with E-state index < -0.39 is 5.82 Å². The first-order valence-electron chi connectivity index (χ1n) is 6.60. The van der Waals surface area contributed by atoms with E-state index in [0.717, 1.165) is 17.2 Å². The molecule has 0 spiro atoms. The Balaban J connectivity index is 1.89. The van der Waals surface area contributed by atoms with Gasteiger partial charge < -0.3 is 10.1 Å². The lowest BCUT2D eigenvalue weighted by atomic mass is 10.2. The Kier molecular flexibility index (Phi) is 5.25. The van der Waals surface area contributed by atoms with Crippen molar-refractivity contribution < 1.29 is 13.9 Å². The van der Waals surface area contributed by atoms with Crippen molar-refractivity contribution in [2.45, 2.75) is 32.5 Å². The number of ether oxygens (including phenoxy) is 1. The highest BCUT2D eigenvalue weighted by molar-refractivity contribution is 7.99. The Morgan fingerprint density at radius 1 is 1.60 bits per heavy atom. The third-order valence-electron chi connectivity index (χ3n) is 2.86. The van der Waals surface area contributed by atoms with Gasteiger partial charge >= 0.3 is 0 Å². The molecule has 1 saturated heterocycles. The standard InChI is InChI=1S/C14H19FN2O2S/c1-9(2)19-13-4-3-10(5-11(13)15)6-16-14(18)12-7-20-8-17-12/h3-5,9,12,17H,6-8H2,1-2H3,(H,16,18). The van der Waals surface area contributed by atoms with Crippen molar-refractivity contribution in [1.29, 1.82) is 0 Å². The number of carbonyl (C=O) groups excluding carboxylic acids is 1. The molecule has 1 aliphatic rings. The maximum absolute atomic E-state index is 13.8. The van der Waals surface area contributed by atoms with Crippen LogP contribution in [0.2, 0.25) is 0 Å². The first kappa shape index (κ1) is 15.1. The summed E-state index contributed by atoms with van der Waals surface area (Å²) in [6.45, 7) is 4.01. The number of halogens is 1. The predicted molar refractivity (Wildman–Crippen MR) is 78.3 cm³/mol. The Bertz CT molecular complexity index is 476. The first-order chi connectivity index (χ1) is 9.56. The van der Waals surface area contributed by atoms with E-state index in [4.69, 9.17) is 4.74 Å². The lowest BCUT2D eigenvalue weighted by molar-refractivity contribution is -0.122. The quantitative estimate of drug-likeness (QED) is 0.871. The largest absolute Gasteiger partial charge is 0.488 e. The summed E-state index contributed by atoms with van der Waals surface area (Å²) >= 11 is 1.69. The summed E-state index contributed by atoms with van der Waals surface area (Å²) in [5.41, 5.74) is 0.720. The zero-order valence-electron chi connectivity index (χ0n) is 11.6. The average molecular weight is 298 g/mol. The second kappa shape index (κ2) is 6.95. The van der Waals surface area contributed by atoms with Crippen molar-refractivity contribution in [2.75, 3.05) is 11.6 Å². The van der Waals surface area contributed by atoms with Gasteiger partial charge in [0.25, 0.3) is 0 Å². The van der Waals surface area contributed by atoms with Gasteiger partial charge in [0.1, 0.15) is 0 Å². The Morgan fingerprint density at radius 3 is 3.00 bits per heavy atom. The molecule has 0 radical (unpaired) electrons. The lowest BCUT2D eigenvalue weighted by Gasteiger charge is -2.13. The molecule has 4 nitrogen and oxygen atoms in total. The van der Waals surface area contributed by atoms with Crippen LogP contribution in [0.15, 0.2) is 18.2 Å². The van der Waals surface area contributed by atoms with Crippen molar-refractivity contribution in [3.8, 4) is 5.75 Å². The number of rotatable bonds is 5. The highest BCUT2D eigenvalue weighted by Gasteiger charge is 2.21. The summed E-state index contributed by atoms with van der Waals surface area (Å²) in [7, 11) is 0. The molecule has 0 saturated carbocycles. The SMILES string of the molecule is CC(C)Oc1ccc(CNC(=O)C2CSCN2)cc1F. The van der Waals surface area contributed by atoms with Crippen LogP contribution in [0.25, 0.3) is 0 Å². The van der Waals surface area contributed by atoms with Gasteiger partial charge in [-0.05, 0) is 31.5 Å². The maximum Gasteiger partial charge on any atom is 0.238 e. The maximum atomic E-state index is 13.8. The fourth-order valence-electron chi connectivity index (χ4n) is 1.88.